The Kier molecular flexibility index (Phi) is 4.66. The summed E-state index contributed by atoms with van der Waals surface area (Å²) in [5.41, 5.74) is 6.54. The Morgan fingerprint density at radius 2 is 1.87 bits per heavy atom. The standard InChI is InChI=1S/C9H8BrN3S.ClH/c10-7-3-1-6(2-4-7)9-13-12-8(5-11)14-9;/h1-4H,5,11H2;1H. The summed E-state index contributed by atoms with van der Waals surface area (Å²) in [4.78, 5) is 0. The highest BCUT2D eigenvalue weighted by atomic mass is 79.9. The minimum absolute atomic E-state index is 0. The Labute approximate surface area is 106 Å². The number of rotatable bonds is 2. The van der Waals surface area contributed by atoms with Gasteiger partial charge in [-0.05, 0) is 12.1 Å². The maximum atomic E-state index is 5.47. The van der Waals surface area contributed by atoms with Crippen molar-refractivity contribution in [3.8, 4) is 10.6 Å². The molecule has 0 saturated heterocycles. The maximum Gasteiger partial charge on any atom is 0.147 e. The molecule has 0 aliphatic carbocycles. The summed E-state index contributed by atoms with van der Waals surface area (Å²) < 4.78 is 1.06. The van der Waals surface area contributed by atoms with Crippen LogP contribution in [0.4, 0.5) is 0 Å². The molecule has 0 unspecified atom stereocenters. The molecule has 1 aromatic carbocycles. The molecule has 2 rings (SSSR count). The molecule has 0 atom stereocenters. The number of benzene rings is 1. The van der Waals surface area contributed by atoms with Crippen molar-refractivity contribution in [1.82, 2.24) is 10.2 Å². The first-order chi connectivity index (χ1) is 6.79. The van der Waals surface area contributed by atoms with Crippen molar-refractivity contribution >= 4 is 39.7 Å². The van der Waals surface area contributed by atoms with Crippen LogP contribution >= 0.6 is 39.7 Å². The fourth-order valence-electron chi connectivity index (χ4n) is 1.05. The van der Waals surface area contributed by atoms with Gasteiger partial charge in [0.2, 0.25) is 0 Å². The Hall–Kier alpha value is -0.490. The van der Waals surface area contributed by atoms with Crippen molar-refractivity contribution in [3.05, 3.63) is 33.7 Å². The first kappa shape index (κ1) is 12.6. The molecule has 15 heavy (non-hydrogen) atoms. The van der Waals surface area contributed by atoms with Gasteiger partial charge in [-0.15, -0.1) is 22.6 Å². The highest BCUT2D eigenvalue weighted by molar-refractivity contribution is 9.10. The summed E-state index contributed by atoms with van der Waals surface area (Å²) in [7, 11) is 0. The zero-order valence-corrected chi connectivity index (χ0v) is 10.9. The van der Waals surface area contributed by atoms with E-state index in [0.717, 1.165) is 20.1 Å². The molecule has 0 saturated carbocycles. The monoisotopic (exact) mass is 305 g/mol. The fraction of sp³-hybridized carbons (Fsp3) is 0.111. The van der Waals surface area contributed by atoms with Crippen LogP contribution in [0, 0.1) is 0 Å². The molecular formula is C9H9BrClN3S. The van der Waals surface area contributed by atoms with Crippen molar-refractivity contribution in [1.29, 1.82) is 0 Å². The molecule has 2 N–H and O–H groups in total. The molecule has 0 radical (unpaired) electrons. The van der Waals surface area contributed by atoms with Crippen molar-refractivity contribution in [3.63, 3.8) is 0 Å². The normalized spacial score (nSPS) is 9.73. The minimum atomic E-state index is 0. The predicted octanol–water partition coefficient (Wildman–Crippen LogP) is 2.85. The van der Waals surface area contributed by atoms with Gasteiger partial charge in [0, 0.05) is 16.6 Å². The molecule has 0 aliphatic rings. The summed E-state index contributed by atoms with van der Waals surface area (Å²) in [6.45, 7) is 0.453. The molecule has 6 heteroatoms. The Morgan fingerprint density at radius 1 is 1.20 bits per heavy atom. The van der Waals surface area contributed by atoms with E-state index in [1.807, 2.05) is 24.3 Å². The minimum Gasteiger partial charge on any atom is -0.324 e. The van der Waals surface area contributed by atoms with Crippen LogP contribution in [0.3, 0.4) is 0 Å². The van der Waals surface area contributed by atoms with E-state index in [1.54, 1.807) is 0 Å². The van der Waals surface area contributed by atoms with Gasteiger partial charge < -0.3 is 5.73 Å². The van der Waals surface area contributed by atoms with Gasteiger partial charge in [0.05, 0.1) is 0 Å². The summed E-state index contributed by atoms with van der Waals surface area (Å²) in [6.07, 6.45) is 0. The van der Waals surface area contributed by atoms with Gasteiger partial charge in [-0.25, -0.2) is 0 Å². The molecule has 0 fully saturated rings. The van der Waals surface area contributed by atoms with E-state index in [1.165, 1.54) is 11.3 Å². The van der Waals surface area contributed by atoms with Crippen LogP contribution in [0.2, 0.25) is 0 Å². The first-order valence-electron chi connectivity index (χ1n) is 4.08. The van der Waals surface area contributed by atoms with Crippen LogP contribution in [0.1, 0.15) is 5.01 Å². The second-order valence-corrected chi connectivity index (χ2v) is 4.69. The molecule has 2 aromatic rings. The summed E-state index contributed by atoms with van der Waals surface area (Å²) >= 11 is 4.91. The number of hydrogen-bond acceptors (Lipinski definition) is 4. The Morgan fingerprint density at radius 3 is 2.40 bits per heavy atom. The van der Waals surface area contributed by atoms with Gasteiger partial charge in [-0.3, -0.25) is 0 Å². The van der Waals surface area contributed by atoms with Crippen LogP contribution in [0.5, 0.6) is 0 Å². The van der Waals surface area contributed by atoms with Gasteiger partial charge >= 0.3 is 0 Å². The van der Waals surface area contributed by atoms with E-state index in [2.05, 4.69) is 26.1 Å². The molecular weight excluding hydrogens is 298 g/mol. The third-order valence-corrected chi connectivity index (χ3v) is 3.26. The van der Waals surface area contributed by atoms with Crippen LogP contribution < -0.4 is 5.73 Å². The topological polar surface area (TPSA) is 51.8 Å². The van der Waals surface area contributed by atoms with Crippen LogP contribution in [-0.4, -0.2) is 10.2 Å². The quantitative estimate of drug-likeness (QED) is 0.928. The summed E-state index contributed by atoms with van der Waals surface area (Å²) in [6, 6.07) is 7.98. The summed E-state index contributed by atoms with van der Waals surface area (Å²) in [5, 5.41) is 9.80. The van der Waals surface area contributed by atoms with E-state index in [-0.39, 0.29) is 12.4 Å². The predicted molar refractivity (Wildman–Crippen MR) is 68.2 cm³/mol. The van der Waals surface area contributed by atoms with Crippen molar-refractivity contribution < 1.29 is 0 Å². The van der Waals surface area contributed by atoms with Gasteiger partial charge in [-0.1, -0.05) is 39.4 Å². The van der Waals surface area contributed by atoms with Gasteiger partial charge in [0.15, 0.2) is 0 Å². The third-order valence-electron chi connectivity index (χ3n) is 1.73. The highest BCUT2D eigenvalue weighted by Gasteiger charge is 2.04. The van der Waals surface area contributed by atoms with E-state index < -0.39 is 0 Å². The van der Waals surface area contributed by atoms with E-state index in [4.69, 9.17) is 5.73 Å². The van der Waals surface area contributed by atoms with E-state index >= 15 is 0 Å². The number of halogens is 2. The Balaban J connectivity index is 0.00000112. The number of nitrogens with two attached hydrogens (primary N) is 1. The lowest BCUT2D eigenvalue weighted by atomic mass is 10.2. The van der Waals surface area contributed by atoms with E-state index in [0.29, 0.717) is 6.54 Å². The van der Waals surface area contributed by atoms with Crippen LogP contribution in [-0.2, 0) is 6.54 Å². The molecule has 0 amide bonds. The zero-order chi connectivity index (χ0) is 9.97. The largest absolute Gasteiger partial charge is 0.324 e. The number of aromatic nitrogens is 2. The fourth-order valence-corrected chi connectivity index (χ4v) is 2.03. The van der Waals surface area contributed by atoms with Crippen LogP contribution in [0.15, 0.2) is 28.7 Å². The van der Waals surface area contributed by atoms with Gasteiger partial charge in [0.25, 0.3) is 0 Å². The van der Waals surface area contributed by atoms with Crippen LogP contribution in [0.25, 0.3) is 10.6 Å². The number of nitrogens with zero attached hydrogens (tertiary/aromatic N) is 2. The second kappa shape index (κ2) is 5.55. The lowest BCUT2D eigenvalue weighted by Gasteiger charge is -1.94. The molecule has 1 heterocycles. The maximum absolute atomic E-state index is 5.47. The highest BCUT2D eigenvalue weighted by Crippen LogP contribution is 2.24. The zero-order valence-electron chi connectivity index (χ0n) is 7.68. The molecule has 1 aromatic heterocycles. The average Bonchev–Trinajstić information content (AvgIpc) is 2.67. The summed E-state index contributed by atoms with van der Waals surface area (Å²) in [5.74, 6) is 0. The molecule has 0 spiro atoms. The molecule has 0 bridgehead atoms. The average molecular weight is 307 g/mol. The smallest absolute Gasteiger partial charge is 0.147 e. The van der Waals surface area contributed by atoms with Crippen molar-refractivity contribution in [2.75, 3.05) is 0 Å². The SMILES string of the molecule is Cl.NCc1nnc(-c2ccc(Br)cc2)s1. The lowest BCUT2D eigenvalue weighted by molar-refractivity contribution is 0.960. The molecule has 0 aliphatic heterocycles. The molecule has 80 valence electrons. The van der Waals surface area contributed by atoms with Crippen molar-refractivity contribution in [2.24, 2.45) is 5.73 Å². The Bertz CT molecular complexity index is 429. The second-order valence-electron chi connectivity index (χ2n) is 2.71. The number of hydrogen-bond donors (Lipinski definition) is 1. The van der Waals surface area contributed by atoms with E-state index in [9.17, 15) is 0 Å². The van der Waals surface area contributed by atoms with Crippen molar-refractivity contribution in [2.45, 2.75) is 6.54 Å². The lowest BCUT2D eigenvalue weighted by Crippen LogP contribution is -1.94. The molecule has 3 nitrogen and oxygen atoms in total. The first-order valence-corrected chi connectivity index (χ1v) is 5.69. The van der Waals surface area contributed by atoms with Gasteiger partial charge in [0.1, 0.15) is 10.0 Å². The van der Waals surface area contributed by atoms with Gasteiger partial charge in [-0.2, -0.15) is 0 Å². The third kappa shape index (κ3) is 2.98.